The molecule has 0 radical (unpaired) electrons. The normalized spacial score (nSPS) is 17.2. The van der Waals surface area contributed by atoms with E-state index in [9.17, 15) is 19.5 Å². The maximum absolute atomic E-state index is 13.2. The predicted molar refractivity (Wildman–Crippen MR) is 127 cm³/mol. The molecule has 1 aliphatic heterocycles. The number of ketones is 1. The van der Waals surface area contributed by atoms with E-state index in [1.807, 2.05) is 0 Å². The summed E-state index contributed by atoms with van der Waals surface area (Å²) in [5.74, 6) is -2.05. The number of methoxy groups -OCH3 is 1. The third-order valence-electron chi connectivity index (χ3n) is 5.35. The molecule has 0 aliphatic carbocycles. The molecule has 1 unspecified atom stereocenters. The quantitative estimate of drug-likeness (QED) is 0.307. The van der Waals surface area contributed by atoms with Gasteiger partial charge >= 0.3 is 0 Å². The first-order chi connectivity index (χ1) is 16.2. The summed E-state index contributed by atoms with van der Waals surface area (Å²) in [6, 6.07) is 11.9. The maximum Gasteiger partial charge on any atom is 0.300 e. The van der Waals surface area contributed by atoms with E-state index in [2.05, 4.69) is 5.32 Å². The SMILES string of the molecule is COc1c(Cl)cc(C)cc1/C(O)=C1/C(=O)C(=O)N(c2cccc(NC(C)=O)c2)C1c1ccco1. The van der Waals surface area contributed by atoms with Gasteiger partial charge in [-0.3, -0.25) is 19.3 Å². The van der Waals surface area contributed by atoms with Gasteiger partial charge in [-0.25, -0.2) is 0 Å². The van der Waals surface area contributed by atoms with Crippen LogP contribution in [0.15, 0.2) is 64.8 Å². The number of nitrogens with zero attached hydrogens (tertiary/aromatic N) is 1. The Morgan fingerprint density at radius 2 is 1.94 bits per heavy atom. The molecule has 9 heteroatoms. The second-order valence-corrected chi connectivity index (χ2v) is 8.15. The van der Waals surface area contributed by atoms with Crippen LogP contribution in [0.3, 0.4) is 0 Å². The third-order valence-corrected chi connectivity index (χ3v) is 5.63. The molecule has 1 fully saturated rings. The van der Waals surface area contributed by atoms with E-state index in [-0.39, 0.29) is 33.6 Å². The Balaban J connectivity index is 1.94. The first-order valence-electron chi connectivity index (χ1n) is 10.3. The molecule has 4 rings (SSSR count). The topological polar surface area (TPSA) is 109 Å². The van der Waals surface area contributed by atoms with Crippen molar-refractivity contribution >= 4 is 46.3 Å². The second kappa shape index (κ2) is 9.07. The van der Waals surface area contributed by atoms with E-state index in [0.717, 1.165) is 5.56 Å². The minimum absolute atomic E-state index is 0.168. The first-order valence-corrected chi connectivity index (χ1v) is 10.7. The van der Waals surface area contributed by atoms with E-state index in [4.69, 9.17) is 20.8 Å². The fourth-order valence-corrected chi connectivity index (χ4v) is 4.36. The molecule has 0 bridgehead atoms. The average Bonchev–Trinajstić information content (AvgIpc) is 3.39. The van der Waals surface area contributed by atoms with Crippen molar-refractivity contribution < 1.29 is 28.6 Å². The van der Waals surface area contributed by atoms with Gasteiger partial charge in [0, 0.05) is 18.3 Å². The van der Waals surface area contributed by atoms with E-state index in [1.165, 1.54) is 25.2 Å². The van der Waals surface area contributed by atoms with Crippen LogP contribution < -0.4 is 15.0 Å². The summed E-state index contributed by atoms with van der Waals surface area (Å²) >= 11 is 6.30. The van der Waals surface area contributed by atoms with Gasteiger partial charge in [-0.15, -0.1) is 0 Å². The summed E-state index contributed by atoms with van der Waals surface area (Å²) in [5.41, 5.74) is 1.50. The van der Waals surface area contributed by atoms with Gasteiger partial charge in [0.05, 0.1) is 29.5 Å². The maximum atomic E-state index is 13.2. The monoisotopic (exact) mass is 480 g/mol. The number of Topliss-reactive ketones (excluding diaryl/α,β-unsaturated/α-hetero) is 1. The van der Waals surface area contributed by atoms with Gasteiger partial charge in [-0.2, -0.15) is 0 Å². The van der Waals surface area contributed by atoms with Crippen LogP contribution >= 0.6 is 11.6 Å². The van der Waals surface area contributed by atoms with Crippen LogP contribution in [0.2, 0.25) is 5.02 Å². The molecular formula is C25H21ClN2O6. The number of hydrogen-bond acceptors (Lipinski definition) is 6. The number of nitrogens with one attached hydrogen (secondary N) is 1. The van der Waals surface area contributed by atoms with Crippen LogP contribution in [0.25, 0.3) is 5.76 Å². The molecule has 3 aromatic rings. The molecular weight excluding hydrogens is 460 g/mol. The number of aliphatic hydroxyl groups is 1. The lowest BCUT2D eigenvalue weighted by molar-refractivity contribution is -0.132. The summed E-state index contributed by atoms with van der Waals surface area (Å²) in [7, 11) is 1.39. The zero-order valence-electron chi connectivity index (χ0n) is 18.6. The van der Waals surface area contributed by atoms with Crippen molar-refractivity contribution in [2.24, 2.45) is 0 Å². The molecule has 1 saturated heterocycles. The highest BCUT2D eigenvalue weighted by molar-refractivity contribution is 6.51. The van der Waals surface area contributed by atoms with Gasteiger partial charge < -0.3 is 19.6 Å². The van der Waals surface area contributed by atoms with E-state index >= 15 is 0 Å². The van der Waals surface area contributed by atoms with Gasteiger partial charge in [-0.05, 0) is 55.0 Å². The van der Waals surface area contributed by atoms with Crippen LogP contribution in [0, 0.1) is 6.92 Å². The molecule has 2 heterocycles. The van der Waals surface area contributed by atoms with Crippen LogP contribution in [-0.2, 0) is 14.4 Å². The number of hydrogen-bond donors (Lipinski definition) is 2. The van der Waals surface area contributed by atoms with Gasteiger partial charge in [0.2, 0.25) is 5.91 Å². The fraction of sp³-hybridized carbons (Fsp3) is 0.160. The molecule has 34 heavy (non-hydrogen) atoms. The highest BCUT2D eigenvalue weighted by Gasteiger charge is 2.48. The highest BCUT2D eigenvalue weighted by atomic mass is 35.5. The number of halogens is 1. The Kier molecular flexibility index (Phi) is 6.17. The number of carbonyl (C=O) groups is 3. The lowest BCUT2D eigenvalue weighted by atomic mass is 9.97. The Labute approximate surface area is 200 Å². The van der Waals surface area contributed by atoms with E-state index < -0.39 is 23.5 Å². The molecule has 2 N–H and O–H groups in total. The number of amides is 2. The van der Waals surface area contributed by atoms with Crippen LogP contribution in [0.1, 0.15) is 29.9 Å². The van der Waals surface area contributed by atoms with Crippen molar-refractivity contribution in [2.45, 2.75) is 19.9 Å². The molecule has 2 aromatic carbocycles. The zero-order chi connectivity index (χ0) is 24.6. The van der Waals surface area contributed by atoms with Crippen molar-refractivity contribution in [2.75, 3.05) is 17.3 Å². The molecule has 1 aromatic heterocycles. The Hall–Kier alpha value is -4.04. The number of carbonyl (C=O) groups excluding carboxylic acids is 3. The summed E-state index contributed by atoms with van der Waals surface area (Å²) in [5, 5.41) is 14.2. The van der Waals surface area contributed by atoms with Crippen molar-refractivity contribution in [3.8, 4) is 5.75 Å². The number of furan rings is 1. The summed E-state index contributed by atoms with van der Waals surface area (Å²) in [4.78, 5) is 39.2. The molecule has 8 nitrogen and oxygen atoms in total. The third kappa shape index (κ3) is 4.04. The van der Waals surface area contributed by atoms with Crippen molar-refractivity contribution in [3.05, 3.63) is 82.3 Å². The molecule has 1 atom stereocenters. The lowest BCUT2D eigenvalue weighted by Crippen LogP contribution is -2.29. The Morgan fingerprint density at radius 1 is 1.18 bits per heavy atom. The molecule has 0 spiro atoms. The second-order valence-electron chi connectivity index (χ2n) is 7.74. The molecule has 174 valence electrons. The summed E-state index contributed by atoms with van der Waals surface area (Å²) in [6.45, 7) is 3.14. The number of aryl methyl sites for hydroxylation is 1. The lowest BCUT2D eigenvalue weighted by Gasteiger charge is -2.24. The van der Waals surface area contributed by atoms with Gasteiger partial charge in [0.25, 0.3) is 11.7 Å². The Morgan fingerprint density at radius 3 is 2.59 bits per heavy atom. The zero-order valence-corrected chi connectivity index (χ0v) is 19.3. The van der Waals surface area contributed by atoms with Crippen LogP contribution in [0.5, 0.6) is 5.75 Å². The van der Waals surface area contributed by atoms with Crippen LogP contribution in [0.4, 0.5) is 11.4 Å². The fourth-order valence-electron chi connectivity index (χ4n) is 4.01. The van der Waals surface area contributed by atoms with Crippen molar-refractivity contribution in [3.63, 3.8) is 0 Å². The number of benzene rings is 2. The highest BCUT2D eigenvalue weighted by Crippen LogP contribution is 2.44. The number of anilines is 2. The Bertz CT molecular complexity index is 1330. The molecule has 1 aliphatic rings. The van der Waals surface area contributed by atoms with Crippen molar-refractivity contribution in [1.29, 1.82) is 0 Å². The first kappa shape index (κ1) is 23.1. The van der Waals surface area contributed by atoms with Gasteiger partial charge in [0.15, 0.2) is 0 Å². The summed E-state index contributed by atoms with van der Waals surface area (Å²) < 4.78 is 10.9. The summed E-state index contributed by atoms with van der Waals surface area (Å²) in [6.07, 6.45) is 1.41. The average molecular weight is 481 g/mol. The molecule has 0 saturated carbocycles. The predicted octanol–water partition coefficient (Wildman–Crippen LogP) is 4.83. The number of aliphatic hydroxyl groups excluding tert-OH is 1. The van der Waals surface area contributed by atoms with Crippen molar-refractivity contribution in [1.82, 2.24) is 0 Å². The largest absolute Gasteiger partial charge is 0.507 e. The van der Waals surface area contributed by atoms with E-state index in [0.29, 0.717) is 11.4 Å². The van der Waals surface area contributed by atoms with Gasteiger partial charge in [-0.1, -0.05) is 17.7 Å². The van der Waals surface area contributed by atoms with Gasteiger partial charge in [0.1, 0.15) is 23.3 Å². The minimum Gasteiger partial charge on any atom is -0.507 e. The van der Waals surface area contributed by atoms with Crippen LogP contribution in [-0.4, -0.2) is 29.8 Å². The van der Waals surface area contributed by atoms with E-state index in [1.54, 1.807) is 55.5 Å². The minimum atomic E-state index is -1.06. The smallest absolute Gasteiger partial charge is 0.300 e. The standard InChI is InChI=1S/C25H21ClN2O6/c1-13-10-17(24(33-3)18(26)11-13)22(30)20-21(19-8-5-9-34-19)28(25(32)23(20)31)16-7-4-6-15(12-16)27-14(2)29/h4-12,21,30H,1-3H3,(H,27,29)/b22-20-. The number of rotatable bonds is 5. The number of ether oxygens (including phenoxy) is 1. The molecule has 2 amide bonds.